The average Bonchev–Trinajstić information content (AvgIpc) is 2.89. The van der Waals surface area contributed by atoms with E-state index in [2.05, 4.69) is 4.72 Å². The monoisotopic (exact) mass is 481 g/mol. The molecular formula is C28H29F2NO2S. The molecule has 1 fully saturated rings. The molecule has 0 bridgehead atoms. The highest BCUT2D eigenvalue weighted by Crippen LogP contribution is 2.34. The fourth-order valence-corrected chi connectivity index (χ4v) is 4.92. The molecule has 3 aromatic carbocycles. The first-order valence-electron chi connectivity index (χ1n) is 11.7. The Morgan fingerprint density at radius 2 is 1.56 bits per heavy atom. The van der Waals surface area contributed by atoms with E-state index in [0.717, 1.165) is 33.7 Å². The second-order valence-corrected chi connectivity index (χ2v) is 9.60. The van der Waals surface area contributed by atoms with Gasteiger partial charge in [0.25, 0.3) is 5.92 Å². The molecule has 0 saturated heterocycles. The number of halogens is 2. The summed E-state index contributed by atoms with van der Waals surface area (Å²) in [6, 6.07) is 21.2. The zero-order valence-corrected chi connectivity index (χ0v) is 19.8. The maximum Gasteiger partial charge on any atom is 0.295 e. The number of hydrogen-bond donors (Lipinski definition) is 1. The molecule has 0 spiro atoms. The van der Waals surface area contributed by atoms with Gasteiger partial charge in [0.15, 0.2) is 0 Å². The smallest absolute Gasteiger partial charge is 0.295 e. The van der Waals surface area contributed by atoms with Gasteiger partial charge >= 0.3 is 0 Å². The number of rotatable bonds is 10. The summed E-state index contributed by atoms with van der Waals surface area (Å²) in [6.07, 6.45) is 6.56. The van der Waals surface area contributed by atoms with Crippen molar-refractivity contribution in [3.05, 3.63) is 84.4 Å². The lowest BCUT2D eigenvalue weighted by Crippen LogP contribution is -2.41. The van der Waals surface area contributed by atoms with Gasteiger partial charge < -0.3 is 9.53 Å². The zero-order chi connectivity index (χ0) is 23.8. The minimum absolute atomic E-state index is 0.205. The van der Waals surface area contributed by atoms with Gasteiger partial charge in [0.2, 0.25) is 0 Å². The van der Waals surface area contributed by atoms with Gasteiger partial charge in [0.05, 0.1) is 6.61 Å². The number of ether oxygens (including phenoxy) is 1. The summed E-state index contributed by atoms with van der Waals surface area (Å²) in [4.78, 5) is 12.3. The largest absolute Gasteiger partial charge is 0.493 e. The Kier molecular flexibility index (Phi) is 8.35. The Bertz CT molecular complexity index is 1040. The van der Waals surface area contributed by atoms with Gasteiger partial charge in [0, 0.05) is 10.5 Å². The van der Waals surface area contributed by atoms with Gasteiger partial charge in [-0.05, 0) is 66.1 Å². The Morgan fingerprint density at radius 3 is 2.21 bits per heavy atom. The zero-order valence-electron chi connectivity index (χ0n) is 19.0. The topological polar surface area (TPSA) is 38.3 Å². The lowest BCUT2D eigenvalue weighted by molar-refractivity contribution is -0.119. The Balaban J connectivity index is 1.33. The number of nitrogens with one attached hydrogen (secondary N) is 1. The van der Waals surface area contributed by atoms with Crippen LogP contribution in [0.15, 0.2) is 83.8 Å². The SMILES string of the molecule is O=CC(NSc1ccc(OCC2CCCCC2)cc1)C(F)(F)c1ccc(-c2ccccc2)cc1. The third-order valence-corrected chi connectivity index (χ3v) is 7.12. The van der Waals surface area contributed by atoms with Crippen molar-refractivity contribution >= 4 is 18.2 Å². The number of hydrogen-bond acceptors (Lipinski definition) is 4. The van der Waals surface area contributed by atoms with E-state index in [9.17, 15) is 4.79 Å². The van der Waals surface area contributed by atoms with Crippen molar-refractivity contribution in [1.29, 1.82) is 0 Å². The fraction of sp³-hybridized carbons (Fsp3) is 0.321. The summed E-state index contributed by atoms with van der Waals surface area (Å²) >= 11 is 1.01. The van der Waals surface area contributed by atoms with Crippen molar-refractivity contribution in [3.8, 4) is 16.9 Å². The van der Waals surface area contributed by atoms with E-state index >= 15 is 8.78 Å². The van der Waals surface area contributed by atoms with Crippen LogP contribution in [-0.2, 0) is 10.7 Å². The van der Waals surface area contributed by atoms with Crippen molar-refractivity contribution in [2.75, 3.05) is 6.61 Å². The average molecular weight is 482 g/mol. The summed E-state index contributed by atoms with van der Waals surface area (Å²) in [7, 11) is 0. The number of alkyl halides is 2. The van der Waals surface area contributed by atoms with Gasteiger partial charge in [-0.15, -0.1) is 0 Å². The molecule has 4 rings (SSSR count). The van der Waals surface area contributed by atoms with Crippen LogP contribution in [0, 0.1) is 5.92 Å². The number of carbonyl (C=O) groups excluding carboxylic acids is 1. The standard InChI is InChI=1S/C28H29F2NO2S/c29-28(30,24-13-11-23(12-14-24)22-9-5-2-6-10-22)27(19-32)31-34-26-17-15-25(16-18-26)33-20-21-7-3-1-4-8-21/h2,5-6,9-19,21,27,31H,1,3-4,7-8,20H2. The van der Waals surface area contributed by atoms with Gasteiger partial charge in [-0.25, -0.2) is 4.72 Å². The van der Waals surface area contributed by atoms with Crippen LogP contribution in [-0.4, -0.2) is 18.9 Å². The second-order valence-electron chi connectivity index (χ2n) is 8.69. The van der Waals surface area contributed by atoms with Crippen LogP contribution in [0.1, 0.15) is 37.7 Å². The first-order chi connectivity index (χ1) is 16.6. The summed E-state index contributed by atoms with van der Waals surface area (Å²) in [5.41, 5.74) is 1.59. The summed E-state index contributed by atoms with van der Waals surface area (Å²) in [6.45, 7) is 0.716. The van der Waals surface area contributed by atoms with Crippen LogP contribution < -0.4 is 9.46 Å². The normalized spacial score (nSPS) is 15.6. The molecule has 34 heavy (non-hydrogen) atoms. The van der Waals surface area contributed by atoms with Crippen LogP contribution in [0.5, 0.6) is 5.75 Å². The highest BCUT2D eigenvalue weighted by Gasteiger charge is 2.41. The van der Waals surface area contributed by atoms with Gasteiger partial charge in [-0.3, -0.25) is 0 Å². The molecule has 0 radical (unpaired) electrons. The third kappa shape index (κ3) is 6.24. The van der Waals surface area contributed by atoms with E-state index in [4.69, 9.17) is 4.74 Å². The van der Waals surface area contributed by atoms with E-state index in [0.29, 0.717) is 12.5 Å². The van der Waals surface area contributed by atoms with Gasteiger partial charge in [-0.2, -0.15) is 8.78 Å². The van der Waals surface area contributed by atoms with Crippen LogP contribution >= 0.6 is 11.9 Å². The highest BCUT2D eigenvalue weighted by atomic mass is 32.2. The van der Waals surface area contributed by atoms with Crippen molar-refractivity contribution < 1.29 is 18.3 Å². The van der Waals surface area contributed by atoms with Crippen molar-refractivity contribution in [2.24, 2.45) is 5.92 Å². The molecule has 178 valence electrons. The Hall–Kier alpha value is -2.70. The van der Waals surface area contributed by atoms with E-state index in [1.54, 1.807) is 12.1 Å². The van der Waals surface area contributed by atoms with E-state index in [1.165, 1.54) is 44.2 Å². The molecule has 1 aliphatic rings. The lowest BCUT2D eigenvalue weighted by atomic mass is 9.90. The molecule has 0 aromatic heterocycles. The fourth-order valence-electron chi connectivity index (χ4n) is 4.19. The molecule has 1 N–H and O–H groups in total. The summed E-state index contributed by atoms with van der Waals surface area (Å²) in [5.74, 6) is -1.97. The molecule has 3 aromatic rings. The molecule has 1 atom stereocenters. The van der Waals surface area contributed by atoms with E-state index < -0.39 is 12.0 Å². The third-order valence-electron chi connectivity index (χ3n) is 6.24. The molecule has 1 saturated carbocycles. The number of carbonyl (C=O) groups is 1. The maximum atomic E-state index is 15.1. The first kappa shape index (κ1) is 24.4. The maximum absolute atomic E-state index is 15.1. The molecule has 0 aliphatic heterocycles. The van der Waals surface area contributed by atoms with Gasteiger partial charge in [-0.1, -0.05) is 73.9 Å². The van der Waals surface area contributed by atoms with Crippen LogP contribution in [0.25, 0.3) is 11.1 Å². The van der Waals surface area contributed by atoms with Crippen LogP contribution in [0.4, 0.5) is 8.78 Å². The summed E-state index contributed by atoms with van der Waals surface area (Å²) < 4.78 is 38.7. The molecule has 0 heterocycles. The van der Waals surface area contributed by atoms with Crippen molar-refractivity contribution in [1.82, 2.24) is 4.72 Å². The molecule has 3 nitrogen and oxygen atoms in total. The van der Waals surface area contributed by atoms with Crippen molar-refractivity contribution in [3.63, 3.8) is 0 Å². The minimum atomic E-state index is -3.35. The molecule has 6 heteroatoms. The second kappa shape index (κ2) is 11.6. The molecule has 1 unspecified atom stereocenters. The van der Waals surface area contributed by atoms with Gasteiger partial charge in [0.1, 0.15) is 18.1 Å². The predicted molar refractivity (Wildman–Crippen MR) is 133 cm³/mol. The lowest BCUT2D eigenvalue weighted by Gasteiger charge is -2.24. The highest BCUT2D eigenvalue weighted by molar-refractivity contribution is 7.97. The molecule has 1 aliphatic carbocycles. The van der Waals surface area contributed by atoms with E-state index in [-0.39, 0.29) is 11.8 Å². The predicted octanol–water partition coefficient (Wildman–Crippen LogP) is 7.27. The number of aldehydes is 1. The molecule has 0 amide bonds. The quantitative estimate of drug-likeness (QED) is 0.244. The number of benzene rings is 3. The first-order valence-corrected chi connectivity index (χ1v) is 12.5. The Morgan fingerprint density at radius 1 is 0.912 bits per heavy atom. The van der Waals surface area contributed by atoms with E-state index in [1.807, 2.05) is 54.6 Å². The summed E-state index contributed by atoms with van der Waals surface area (Å²) in [5, 5.41) is 0. The van der Waals surface area contributed by atoms with Crippen LogP contribution in [0.2, 0.25) is 0 Å². The van der Waals surface area contributed by atoms with Crippen LogP contribution in [0.3, 0.4) is 0 Å². The Labute approximate surface area is 204 Å². The van der Waals surface area contributed by atoms with Crippen molar-refractivity contribution in [2.45, 2.75) is 49.0 Å². The minimum Gasteiger partial charge on any atom is -0.493 e. The molecular weight excluding hydrogens is 452 g/mol.